The van der Waals surface area contributed by atoms with Crippen molar-refractivity contribution in [3.63, 3.8) is 0 Å². The summed E-state index contributed by atoms with van der Waals surface area (Å²) in [5, 5.41) is 8.17. The van der Waals surface area contributed by atoms with Crippen molar-refractivity contribution < 1.29 is 22.7 Å². The monoisotopic (exact) mass is 582 g/mol. The topological polar surface area (TPSA) is 127 Å². The number of rotatable bonds is 10. The Morgan fingerprint density at radius 1 is 0.902 bits per heavy atom. The molecule has 12 heteroatoms. The average Bonchev–Trinajstić information content (AvgIpc) is 2.93. The zero-order valence-corrected chi connectivity index (χ0v) is 25.1. The largest absolute Gasteiger partial charge is 0.494 e. The summed E-state index contributed by atoms with van der Waals surface area (Å²) >= 11 is 0. The summed E-state index contributed by atoms with van der Waals surface area (Å²) in [5.41, 5.74) is 3.08. The van der Waals surface area contributed by atoms with Gasteiger partial charge in [-0.2, -0.15) is 0 Å². The minimum Gasteiger partial charge on any atom is -0.494 e. The summed E-state index contributed by atoms with van der Waals surface area (Å²) in [6, 6.07) is 11.5. The summed E-state index contributed by atoms with van der Waals surface area (Å²) in [4.78, 5) is 21.2. The number of benzene rings is 1. The first kappa shape index (κ1) is 30.2. The number of pyridine rings is 1. The van der Waals surface area contributed by atoms with Gasteiger partial charge in [-0.3, -0.25) is 14.7 Å². The standard InChI is InChI=1S/C29H38N6O5S/c1-6-39-24-15-21(14-22(16-24)23-17-25(40-7-2)19-30-18-23)20-34-10-12-35(13-11-34)27-9-8-26(31-32-27)28(36)33-41(37,38)29(3,4)5/h8-9,14-19H,6-7,10-13,20H2,1-5H3,(H,33,36). The number of hydrogen-bond donors (Lipinski definition) is 1. The minimum atomic E-state index is -3.84. The van der Waals surface area contributed by atoms with Gasteiger partial charge in [0.05, 0.1) is 24.2 Å². The van der Waals surface area contributed by atoms with Gasteiger partial charge in [-0.05, 0) is 82.1 Å². The summed E-state index contributed by atoms with van der Waals surface area (Å²) in [6.07, 6.45) is 3.54. The number of piperazine rings is 1. The van der Waals surface area contributed by atoms with Gasteiger partial charge in [0.15, 0.2) is 11.5 Å². The molecule has 4 rings (SSSR count). The van der Waals surface area contributed by atoms with Crippen molar-refractivity contribution in [1.29, 1.82) is 0 Å². The fourth-order valence-corrected chi connectivity index (χ4v) is 4.98. The molecule has 220 valence electrons. The Bertz CT molecular complexity index is 1450. The molecule has 0 aliphatic carbocycles. The van der Waals surface area contributed by atoms with E-state index in [1.54, 1.807) is 12.3 Å². The molecule has 0 radical (unpaired) electrons. The Kier molecular flexibility index (Phi) is 9.44. The molecule has 1 aromatic carbocycles. The maximum absolute atomic E-state index is 12.4. The van der Waals surface area contributed by atoms with Crippen molar-refractivity contribution in [3.05, 3.63) is 60.0 Å². The van der Waals surface area contributed by atoms with Crippen molar-refractivity contribution in [2.45, 2.75) is 45.9 Å². The highest BCUT2D eigenvalue weighted by Gasteiger charge is 2.31. The molecule has 1 N–H and O–H groups in total. The lowest BCUT2D eigenvalue weighted by Crippen LogP contribution is -2.46. The molecule has 0 bridgehead atoms. The summed E-state index contributed by atoms with van der Waals surface area (Å²) < 4.78 is 37.0. The van der Waals surface area contributed by atoms with Crippen LogP contribution in [-0.2, 0) is 16.6 Å². The number of nitrogens with one attached hydrogen (secondary N) is 1. The smallest absolute Gasteiger partial charge is 0.285 e. The molecule has 1 amide bonds. The Morgan fingerprint density at radius 3 is 2.22 bits per heavy atom. The molecule has 0 atom stereocenters. The van der Waals surface area contributed by atoms with E-state index in [1.165, 1.54) is 26.8 Å². The number of ether oxygens (including phenoxy) is 2. The van der Waals surface area contributed by atoms with E-state index < -0.39 is 20.7 Å². The number of sulfonamides is 1. The molecule has 41 heavy (non-hydrogen) atoms. The Morgan fingerprint density at radius 2 is 1.59 bits per heavy atom. The second kappa shape index (κ2) is 12.8. The van der Waals surface area contributed by atoms with Gasteiger partial charge in [0.2, 0.25) is 10.0 Å². The molecule has 1 aliphatic rings. The zero-order valence-electron chi connectivity index (χ0n) is 24.3. The molecule has 0 unspecified atom stereocenters. The lowest BCUT2D eigenvalue weighted by atomic mass is 10.0. The molecule has 1 fully saturated rings. The molecule has 0 spiro atoms. The fraction of sp³-hybridized carbons (Fsp3) is 0.448. The van der Waals surface area contributed by atoms with Crippen LogP contribution in [0.4, 0.5) is 5.82 Å². The van der Waals surface area contributed by atoms with Crippen molar-refractivity contribution in [3.8, 4) is 22.6 Å². The van der Waals surface area contributed by atoms with Crippen LogP contribution in [0.2, 0.25) is 0 Å². The van der Waals surface area contributed by atoms with Gasteiger partial charge in [-0.15, -0.1) is 10.2 Å². The first-order valence-electron chi connectivity index (χ1n) is 13.7. The highest BCUT2D eigenvalue weighted by Crippen LogP contribution is 2.29. The Balaban J connectivity index is 1.39. The second-order valence-electron chi connectivity index (χ2n) is 10.7. The van der Waals surface area contributed by atoms with E-state index in [2.05, 4.69) is 41.8 Å². The second-order valence-corrected chi connectivity index (χ2v) is 13.2. The highest BCUT2D eigenvalue weighted by molar-refractivity contribution is 7.91. The predicted molar refractivity (Wildman–Crippen MR) is 158 cm³/mol. The first-order valence-corrected chi connectivity index (χ1v) is 15.2. The van der Waals surface area contributed by atoms with Crippen LogP contribution in [0.5, 0.6) is 11.5 Å². The number of carbonyl (C=O) groups excluding carboxylic acids is 1. The van der Waals surface area contributed by atoms with E-state index in [0.29, 0.717) is 19.0 Å². The summed E-state index contributed by atoms with van der Waals surface area (Å²) in [7, 11) is -3.84. The number of aromatic nitrogens is 3. The van der Waals surface area contributed by atoms with Gasteiger partial charge in [-0.25, -0.2) is 13.1 Å². The SMILES string of the molecule is CCOc1cncc(-c2cc(CN3CCN(c4ccc(C(=O)NS(=O)(=O)C(C)(C)C)nn4)CC3)cc(OCC)c2)c1. The molecule has 1 saturated heterocycles. The van der Waals surface area contributed by atoms with Crippen molar-refractivity contribution in [2.75, 3.05) is 44.3 Å². The molecule has 2 aromatic heterocycles. The third kappa shape index (κ3) is 7.70. The Labute approximate surface area is 241 Å². The van der Waals surface area contributed by atoms with Gasteiger partial charge in [0, 0.05) is 44.5 Å². The van der Waals surface area contributed by atoms with E-state index in [-0.39, 0.29) is 5.69 Å². The van der Waals surface area contributed by atoms with Crippen LogP contribution in [0.15, 0.2) is 48.8 Å². The minimum absolute atomic E-state index is 0.0489. The van der Waals surface area contributed by atoms with Crippen LogP contribution in [0, 0.1) is 0 Å². The Hall–Kier alpha value is -3.77. The quantitative estimate of drug-likeness (QED) is 0.379. The van der Waals surface area contributed by atoms with Gasteiger partial charge in [0.1, 0.15) is 11.5 Å². The number of carbonyl (C=O) groups is 1. The molecule has 3 aromatic rings. The molecule has 3 heterocycles. The van der Waals surface area contributed by atoms with Crippen LogP contribution in [0.1, 0.15) is 50.7 Å². The van der Waals surface area contributed by atoms with Crippen molar-refractivity contribution in [1.82, 2.24) is 24.8 Å². The van der Waals surface area contributed by atoms with E-state index in [4.69, 9.17) is 9.47 Å². The molecular formula is C29H38N6O5S. The van der Waals surface area contributed by atoms with E-state index in [0.717, 1.165) is 60.9 Å². The van der Waals surface area contributed by atoms with Crippen LogP contribution < -0.4 is 19.1 Å². The third-order valence-electron chi connectivity index (χ3n) is 6.65. The predicted octanol–water partition coefficient (Wildman–Crippen LogP) is 3.52. The average molecular weight is 583 g/mol. The first-order chi connectivity index (χ1) is 19.5. The zero-order chi connectivity index (χ0) is 29.6. The lowest BCUT2D eigenvalue weighted by Gasteiger charge is -2.35. The van der Waals surface area contributed by atoms with Crippen LogP contribution >= 0.6 is 0 Å². The van der Waals surface area contributed by atoms with Gasteiger partial charge in [-0.1, -0.05) is 0 Å². The molecule has 1 aliphatic heterocycles. The maximum atomic E-state index is 12.4. The number of nitrogens with zero attached hydrogens (tertiary/aromatic N) is 5. The third-order valence-corrected chi connectivity index (χ3v) is 8.72. The number of anilines is 1. The molecular weight excluding hydrogens is 544 g/mol. The van der Waals surface area contributed by atoms with Crippen LogP contribution in [0.3, 0.4) is 0 Å². The molecule has 11 nitrogen and oxygen atoms in total. The van der Waals surface area contributed by atoms with E-state index in [9.17, 15) is 13.2 Å². The summed E-state index contributed by atoms with van der Waals surface area (Å²) in [6.45, 7) is 13.5. The normalized spacial score (nSPS) is 14.5. The van der Waals surface area contributed by atoms with E-state index in [1.807, 2.05) is 32.2 Å². The number of hydrogen-bond acceptors (Lipinski definition) is 10. The molecule has 0 saturated carbocycles. The van der Waals surface area contributed by atoms with Crippen molar-refractivity contribution >= 4 is 21.7 Å². The van der Waals surface area contributed by atoms with Crippen LogP contribution in [-0.4, -0.2) is 78.5 Å². The highest BCUT2D eigenvalue weighted by atomic mass is 32.2. The lowest BCUT2D eigenvalue weighted by molar-refractivity contribution is 0.0974. The van der Waals surface area contributed by atoms with Gasteiger partial charge >= 0.3 is 0 Å². The maximum Gasteiger partial charge on any atom is 0.285 e. The van der Waals surface area contributed by atoms with Gasteiger partial charge in [0.25, 0.3) is 5.91 Å². The van der Waals surface area contributed by atoms with Gasteiger partial charge < -0.3 is 14.4 Å². The number of amides is 1. The summed E-state index contributed by atoms with van der Waals surface area (Å²) in [5.74, 6) is 1.39. The van der Waals surface area contributed by atoms with E-state index >= 15 is 0 Å². The van der Waals surface area contributed by atoms with Crippen molar-refractivity contribution in [2.24, 2.45) is 0 Å². The van der Waals surface area contributed by atoms with Crippen LogP contribution in [0.25, 0.3) is 11.1 Å². The fourth-order valence-electron chi connectivity index (χ4n) is 4.33.